The monoisotopic (exact) mass is 438 g/mol. The Morgan fingerprint density at radius 1 is 1.00 bits per heavy atom. The van der Waals surface area contributed by atoms with Crippen LogP contribution in [-0.2, 0) is 4.79 Å². The van der Waals surface area contributed by atoms with Crippen molar-refractivity contribution in [2.24, 2.45) is 0 Å². The molecule has 9 nitrogen and oxygen atoms in total. The van der Waals surface area contributed by atoms with Gasteiger partial charge in [0.25, 0.3) is 17.7 Å². The van der Waals surface area contributed by atoms with Crippen LogP contribution < -0.4 is 25.6 Å². The van der Waals surface area contributed by atoms with Crippen LogP contribution in [0, 0.1) is 6.92 Å². The molecule has 31 heavy (non-hydrogen) atoms. The van der Waals surface area contributed by atoms with Crippen molar-refractivity contribution in [3.63, 3.8) is 0 Å². The van der Waals surface area contributed by atoms with Gasteiger partial charge in [0, 0.05) is 11.1 Å². The molecule has 0 spiro atoms. The van der Waals surface area contributed by atoms with Crippen molar-refractivity contribution < 1.29 is 23.9 Å². The van der Waals surface area contributed by atoms with Crippen LogP contribution in [0.1, 0.15) is 25.7 Å². The number of hydrogen-bond acceptors (Lipinski definition) is 7. The zero-order valence-corrected chi connectivity index (χ0v) is 17.2. The second kappa shape index (κ2) is 8.84. The minimum atomic E-state index is -0.576. The van der Waals surface area contributed by atoms with Gasteiger partial charge in [-0.25, -0.2) is 4.98 Å². The quantitative estimate of drug-likeness (QED) is 0.525. The summed E-state index contributed by atoms with van der Waals surface area (Å²) in [4.78, 5) is 41.4. The zero-order chi connectivity index (χ0) is 21.8. The average molecular weight is 438 g/mol. The second-order valence-electron chi connectivity index (χ2n) is 6.55. The molecular weight excluding hydrogens is 420 g/mol. The fourth-order valence-electron chi connectivity index (χ4n) is 2.84. The van der Waals surface area contributed by atoms with Crippen LogP contribution in [0.2, 0.25) is 0 Å². The predicted octanol–water partition coefficient (Wildman–Crippen LogP) is 2.04. The van der Waals surface area contributed by atoms with E-state index in [2.05, 4.69) is 21.2 Å². The number of nitrogens with one attached hydrogen (secondary N) is 3. The molecule has 3 amide bonds. The van der Waals surface area contributed by atoms with E-state index < -0.39 is 17.7 Å². The molecule has 2 heterocycles. The number of aryl methyl sites for hydroxylation is 1. The third-order valence-electron chi connectivity index (χ3n) is 4.38. The van der Waals surface area contributed by atoms with Crippen LogP contribution in [0.15, 0.2) is 48.5 Å². The Morgan fingerprint density at radius 3 is 2.58 bits per heavy atom. The van der Waals surface area contributed by atoms with Crippen LogP contribution in [0.3, 0.4) is 0 Å². The molecule has 1 aromatic heterocycles. The lowest BCUT2D eigenvalue weighted by Crippen LogP contribution is -2.46. The highest BCUT2D eigenvalue weighted by Crippen LogP contribution is 2.32. The van der Waals surface area contributed by atoms with Crippen molar-refractivity contribution in [1.82, 2.24) is 21.2 Å². The van der Waals surface area contributed by atoms with Crippen LogP contribution >= 0.6 is 11.3 Å². The van der Waals surface area contributed by atoms with Crippen molar-refractivity contribution in [2.75, 3.05) is 13.3 Å². The van der Waals surface area contributed by atoms with Crippen LogP contribution in [0.25, 0.3) is 10.6 Å². The third-order valence-corrected chi connectivity index (χ3v) is 5.59. The maximum Gasteiger partial charge on any atom is 0.281 e. The Hall–Kier alpha value is -3.92. The lowest BCUT2D eigenvalue weighted by Gasteiger charge is -2.08. The van der Waals surface area contributed by atoms with Crippen molar-refractivity contribution in [3.8, 4) is 22.1 Å². The predicted molar refractivity (Wildman–Crippen MR) is 113 cm³/mol. The summed E-state index contributed by atoms with van der Waals surface area (Å²) < 4.78 is 10.4. The molecular formula is C21H18N4O5S. The fourth-order valence-corrected chi connectivity index (χ4v) is 3.81. The number of aromatic nitrogens is 1. The summed E-state index contributed by atoms with van der Waals surface area (Å²) in [5.41, 5.74) is 6.43. The fraction of sp³-hybridized carbons (Fsp3) is 0.143. The van der Waals surface area contributed by atoms with Crippen LogP contribution in [0.4, 0.5) is 0 Å². The molecule has 0 aliphatic carbocycles. The van der Waals surface area contributed by atoms with Gasteiger partial charge in [0.05, 0.1) is 12.2 Å². The Balaban J connectivity index is 1.28. The molecule has 3 N–H and O–H groups in total. The number of carbonyl (C=O) groups is 3. The number of hydrogen-bond donors (Lipinski definition) is 3. The Labute approximate surface area is 181 Å². The molecule has 3 aromatic rings. The van der Waals surface area contributed by atoms with Gasteiger partial charge in [0.1, 0.15) is 9.88 Å². The summed E-state index contributed by atoms with van der Waals surface area (Å²) in [6.45, 7) is 1.52. The third kappa shape index (κ3) is 4.64. The number of carbonyl (C=O) groups excluding carboxylic acids is 3. The molecule has 0 saturated carbocycles. The number of ether oxygens (including phenoxy) is 2. The first-order chi connectivity index (χ1) is 15.0. The van der Waals surface area contributed by atoms with E-state index in [4.69, 9.17) is 9.47 Å². The lowest BCUT2D eigenvalue weighted by atomic mass is 10.2. The van der Waals surface area contributed by atoms with E-state index in [1.54, 1.807) is 19.1 Å². The maximum atomic E-state index is 12.4. The maximum absolute atomic E-state index is 12.4. The van der Waals surface area contributed by atoms with Gasteiger partial charge in [-0.1, -0.05) is 30.3 Å². The highest BCUT2D eigenvalue weighted by molar-refractivity contribution is 7.17. The Kier molecular flexibility index (Phi) is 5.80. The Bertz CT molecular complexity index is 1150. The zero-order valence-electron chi connectivity index (χ0n) is 16.4. The summed E-state index contributed by atoms with van der Waals surface area (Å²) in [5, 5.41) is 3.20. The van der Waals surface area contributed by atoms with Crippen molar-refractivity contribution in [1.29, 1.82) is 0 Å². The molecule has 0 atom stereocenters. The first-order valence-electron chi connectivity index (χ1n) is 9.31. The number of amides is 3. The van der Waals surface area contributed by atoms with E-state index >= 15 is 0 Å². The number of fused-ring (bicyclic) bond motifs is 1. The van der Waals surface area contributed by atoms with E-state index in [1.807, 2.05) is 30.3 Å². The summed E-state index contributed by atoms with van der Waals surface area (Å²) in [5.74, 6) is -0.476. The molecule has 0 radical (unpaired) electrons. The number of nitrogens with zero attached hydrogens (tertiary/aromatic N) is 1. The van der Waals surface area contributed by atoms with Gasteiger partial charge >= 0.3 is 0 Å². The minimum Gasteiger partial charge on any atom is -0.454 e. The molecule has 0 fully saturated rings. The SMILES string of the molecule is Cc1nc(-c2ccccc2)sc1C(=O)NNC(=O)CNC(=O)c1ccc2c(c1)OCO2. The van der Waals surface area contributed by atoms with Crippen molar-refractivity contribution in [2.45, 2.75) is 6.92 Å². The van der Waals surface area contributed by atoms with Gasteiger partial charge < -0.3 is 14.8 Å². The Morgan fingerprint density at radius 2 is 1.77 bits per heavy atom. The number of thiazole rings is 1. The smallest absolute Gasteiger partial charge is 0.281 e. The van der Waals surface area contributed by atoms with Crippen LogP contribution in [-0.4, -0.2) is 36.0 Å². The minimum absolute atomic E-state index is 0.106. The number of hydrazine groups is 1. The molecule has 4 rings (SSSR count). The summed E-state index contributed by atoms with van der Waals surface area (Å²) in [6.07, 6.45) is 0. The highest BCUT2D eigenvalue weighted by atomic mass is 32.1. The van der Waals surface area contributed by atoms with Gasteiger partial charge in [-0.15, -0.1) is 11.3 Å². The van der Waals surface area contributed by atoms with Crippen molar-refractivity contribution >= 4 is 29.1 Å². The van der Waals surface area contributed by atoms with Gasteiger partial charge in [0.15, 0.2) is 11.5 Å². The molecule has 1 aliphatic heterocycles. The van der Waals surface area contributed by atoms with E-state index in [0.717, 1.165) is 5.56 Å². The van der Waals surface area contributed by atoms with E-state index in [0.29, 0.717) is 32.6 Å². The highest BCUT2D eigenvalue weighted by Gasteiger charge is 2.18. The van der Waals surface area contributed by atoms with Crippen LogP contribution in [0.5, 0.6) is 11.5 Å². The second-order valence-corrected chi connectivity index (χ2v) is 7.55. The van der Waals surface area contributed by atoms with Gasteiger partial charge in [-0.3, -0.25) is 25.2 Å². The van der Waals surface area contributed by atoms with E-state index in [1.165, 1.54) is 17.4 Å². The molecule has 10 heteroatoms. The largest absolute Gasteiger partial charge is 0.454 e. The lowest BCUT2D eigenvalue weighted by molar-refractivity contribution is -0.120. The molecule has 158 valence electrons. The standard InChI is InChI=1S/C21H18N4O5S/c1-12-18(31-21(23-12)13-5-3-2-4-6-13)20(28)25-24-17(26)10-22-19(27)14-7-8-15-16(9-14)30-11-29-15/h2-9H,10-11H2,1H3,(H,22,27)(H,24,26)(H,25,28). The molecule has 0 unspecified atom stereocenters. The van der Waals surface area contributed by atoms with Gasteiger partial charge in [-0.2, -0.15) is 0 Å². The summed E-state index contributed by atoms with van der Waals surface area (Å²) in [7, 11) is 0. The van der Waals surface area contributed by atoms with Gasteiger partial charge in [-0.05, 0) is 25.1 Å². The summed E-state index contributed by atoms with van der Waals surface area (Å²) >= 11 is 1.23. The number of benzene rings is 2. The van der Waals surface area contributed by atoms with E-state index in [-0.39, 0.29) is 13.3 Å². The van der Waals surface area contributed by atoms with Gasteiger partial charge in [0.2, 0.25) is 6.79 Å². The number of rotatable bonds is 5. The average Bonchev–Trinajstić information content (AvgIpc) is 3.42. The van der Waals surface area contributed by atoms with E-state index in [9.17, 15) is 14.4 Å². The normalized spacial score (nSPS) is 11.6. The molecule has 0 bridgehead atoms. The first-order valence-corrected chi connectivity index (χ1v) is 10.1. The molecule has 2 aromatic carbocycles. The summed E-state index contributed by atoms with van der Waals surface area (Å²) in [6, 6.07) is 14.2. The van der Waals surface area contributed by atoms with Crippen molar-refractivity contribution in [3.05, 3.63) is 64.7 Å². The first kappa shape index (κ1) is 20.4. The molecule has 1 aliphatic rings. The topological polar surface area (TPSA) is 119 Å². The molecule has 0 saturated heterocycles.